The summed E-state index contributed by atoms with van der Waals surface area (Å²) in [5.41, 5.74) is 0. The van der Waals surface area contributed by atoms with Crippen LogP contribution in [0.15, 0.2) is 47.4 Å². The Morgan fingerprint density at radius 3 is 2.48 bits per heavy atom. The summed E-state index contributed by atoms with van der Waals surface area (Å²) >= 11 is 3.53. The zero-order valence-corrected chi connectivity index (χ0v) is 14.6. The molecule has 0 fully saturated rings. The van der Waals surface area contributed by atoms with Gasteiger partial charge in [0.05, 0.1) is 4.90 Å². The molecule has 2 aromatic carbocycles. The molecular weight excluding hydrogens is 350 g/mol. The first-order valence-electron chi connectivity index (χ1n) is 7.01. The second-order valence-electron chi connectivity index (χ2n) is 5.56. The molecule has 5 heteroatoms. The average molecular weight is 370 g/mol. The third kappa shape index (κ3) is 4.28. The molecule has 0 radical (unpaired) electrons. The van der Waals surface area contributed by atoms with Gasteiger partial charge in [-0.25, -0.2) is 13.1 Å². The number of benzene rings is 2. The predicted molar refractivity (Wildman–Crippen MR) is 91.3 cm³/mol. The largest absolute Gasteiger partial charge is 0.241 e. The molecule has 0 saturated heterocycles. The van der Waals surface area contributed by atoms with Gasteiger partial charge in [0, 0.05) is 16.8 Å². The van der Waals surface area contributed by atoms with Gasteiger partial charge in [-0.05, 0) is 23.8 Å². The molecule has 1 atom stereocenters. The van der Waals surface area contributed by atoms with E-state index in [0.29, 0.717) is 17.4 Å². The molecule has 2 aromatic rings. The van der Waals surface area contributed by atoms with E-state index in [2.05, 4.69) is 34.5 Å². The lowest BCUT2D eigenvalue weighted by atomic mass is 10.1. The fourth-order valence-electron chi connectivity index (χ4n) is 2.30. The number of halogens is 1. The third-order valence-corrected chi connectivity index (χ3v) is 5.44. The van der Waals surface area contributed by atoms with Crippen LogP contribution in [0.2, 0.25) is 0 Å². The highest BCUT2D eigenvalue weighted by Crippen LogP contribution is 2.23. The molecule has 0 spiro atoms. The van der Waals surface area contributed by atoms with E-state index in [-0.39, 0.29) is 4.83 Å². The Bertz CT molecular complexity index is 708. The summed E-state index contributed by atoms with van der Waals surface area (Å²) in [7, 11) is -3.50. The van der Waals surface area contributed by atoms with Crippen molar-refractivity contribution in [1.29, 1.82) is 0 Å². The summed E-state index contributed by atoms with van der Waals surface area (Å²) < 4.78 is 27.7. The van der Waals surface area contributed by atoms with E-state index >= 15 is 0 Å². The second kappa shape index (κ2) is 6.90. The monoisotopic (exact) mass is 369 g/mol. The van der Waals surface area contributed by atoms with Crippen molar-refractivity contribution in [2.75, 3.05) is 6.54 Å². The normalized spacial score (nSPS) is 13.7. The van der Waals surface area contributed by atoms with Gasteiger partial charge in [0.1, 0.15) is 0 Å². The van der Waals surface area contributed by atoms with E-state index in [1.807, 2.05) is 30.3 Å². The number of sulfonamides is 1. The highest BCUT2D eigenvalue weighted by molar-refractivity contribution is 9.09. The Kier molecular flexibility index (Phi) is 5.41. The molecule has 1 unspecified atom stereocenters. The van der Waals surface area contributed by atoms with Crippen LogP contribution >= 0.6 is 15.9 Å². The van der Waals surface area contributed by atoms with Gasteiger partial charge in [0.15, 0.2) is 0 Å². The summed E-state index contributed by atoms with van der Waals surface area (Å²) in [6.45, 7) is 4.63. The first kappa shape index (κ1) is 16.5. The van der Waals surface area contributed by atoms with Crippen LogP contribution in [0.4, 0.5) is 0 Å². The lowest BCUT2D eigenvalue weighted by Gasteiger charge is -2.14. The maximum atomic E-state index is 12.5. The third-order valence-electron chi connectivity index (χ3n) is 3.26. The Morgan fingerprint density at radius 2 is 1.76 bits per heavy atom. The van der Waals surface area contributed by atoms with E-state index in [9.17, 15) is 8.42 Å². The van der Waals surface area contributed by atoms with E-state index in [0.717, 1.165) is 17.2 Å². The number of rotatable bonds is 6. The van der Waals surface area contributed by atoms with Crippen LogP contribution < -0.4 is 4.72 Å². The van der Waals surface area contributed by atoms with E-state index < -0.39 is 10.0 Å². The fraction of sp³-hybridized carbons (Fsp3) is 0.375. The summed E-state index contributed by atoms with van der Waals surface area (Å²) in [6, 6.07) is 12.9. The van der Waals surface area contributed by atoms with Gasteiger partial charge >= 0.3 is 0 Å². The summed E-state index contributed by atoms with van der Waals surface area (Å²) in [5.74, 6) is 0.524. The van der Waals surface area contributed by atoms with Crippen LogP contribution in [0.1, 0.15) is 20.3 Å². The van der Waals surface area contributed by atoms with Crippen molar-refractivity contribution in [2.24, 2.45) is 5.92 Å². The van der Waals surface area contributed by atoms with Crippen LogP contribution in [0, 0.1) is 5.92 Å². The number of hydrogen-bond acceptors (Lipinski definition) is 2. The molecule has 0 aromatic heterocycles. The topological polar surface area (TPSA) is 46.2 Å². The number of nitrogens with one attached hydrogen (secondary N) is 1. The van der Waals surface area contributed by atoms with Gasteiger partial charge in [-0.3, -0.25) is 0 Å². The van der Waals surface area contributed by atoms with Gasteiger partial charge in [-0.1, -0.05) is 66.2 Å². The number of alkyl halides is 1. The van der Waals surface area contributed by atoms with Crippen LogP contribution in [0.25, 0.3) is 10.8 Å². The molecule has 114 valence electrons. The average Bonchev–Trinajstić information content (AvgIpc) is 2.44. The zero-order chi connectivity index (χ0) is 15.5. The molecule has 0 amide bonds. The zero-order valence-electron chi connectivity index (χ0n) is 12.2. The van der Waals surface area contributed by atoms with Crippen LogP contribution in [-0.4, -0.2) is 19.8 Å². The Morgan fingerprint density at radius 1 is 1.10 bits per heavy atom. The maximum Gasteiger partial charge on any atom is 0.241 e. The van der Waals surface area contributed by atoms with Gasteiger partial charge in [-0.15, -0.1) is 0 Å². The molecule has 3 nitrogen and oxygen atoms in total. The van der Waals surface area contributed by atoms with Crippen molar-refractivity contribution < 1.29 is 8.42 Å². The van der Waals surface area contributed by atoms with Crippen LogP contribution in [0.3, 0.4) is 0 Å². The lowest BCUT2D eigenvalue weighted by Crippen LogP contribution is -2.30. The van der Waals surface area contributed by atoms with Gasteiger partial charge in [0.25, 0.3) is 0 Å². The minimum absolute atomic E-state index is 0.141. The van der Waals surface area contributed by atoms with Crippen LogP contribution in [0.5, 0.6) is 0 Å². The molecule has 0 aliphatic heterocycles. The molecule has 0 bridgehead atoms. The minimum atomic E-state index is -3.50. The van der Waals surface area contributed by atoms with Crippen molar-refractivity contribution >= 4 is 36.7 Å². The molecular formula is C16H20BrNO2S. The van der Waals surface area contributed by atoms with Crippen molar-refractivity contribution in [3.05, 3.63) is 42.5 Å². The fourth-order valence-corrected chi connectivity index (χ4v) is 4.74. The minimum Gasteiger partial charge on any atom is -0.210 e. The van der Waals surface area contributed by atoms with E-state index in [1.54, 1.807) is 12.1 Å². The van der Waals surface area contributed by atoms with Gasteiger partial charge in [-0.2, -0.15) is 0 Å². The summed E-state index contributed by atoms with van der Waals surface area (Å²) in [5, 5.41) is 1.68. The van der Waals surface area contributed by atoms with Crippen LogP contribution in [-0.2, 0) is 10.0 Å². The first-order valence-corrected chi connectivity index (χ1v) is 9.41. The quantitative estimate of drug-likeness (QED) is 0.784. The first-order chi connectivity index (χ1) is 9.90. The molecule has 2 rings (SSSR count). The van der Waals surface area contributed by atoms with Crippen molar-refractivity contribution in [2.45, 2.75) is 30.0 Å². The van der Waals surface area contributed by atoms with E-state index in [1.165, 1.54) is 0 Å². The van der Waals surface area contributed by atoms with Gasteiger partial charge in [0.2, 0.25) is 10.0 Å². The van der Waals surface area contributed by atoms with Crippen molar-refractivity contribution in [1.82, 2.24) is 4.72 Å². The molecule has 0 aliphatic rings. The highest BCUT2D eigenvalue weighted by atomic mass is 79.9. The Balaban J connectivity index is 2.22. The molecule has 0 aliphatic carbocycles. The summed E-state index contributed by atoms with van der Waals surface area (Å²) in [4.78, 5) is 0.479. The standard InChI is InChI=1S/C16H20BrNO2S/c1-12(2)10-14(17)11-18-21(19,20)16-9-5-7-13-6-3-4-8-15(13)16/h3-9,12,14,18H,10-11H2,1-2H3. The van der Waals surface area contributed by atoms with Crippen molar-refractivity contribution in [3.63, 3.8) is 0 Å². The SMILES string of the molecule is CC(C)CC(Br)CNS(=O)(=O)c1cccc2ccccc12. The van der Waals surface area contributed by atoms with E-state index in [4.69, 9.17) is 0 Å². The number of fused-ring (bicyclic) bond motifs is 1. The van der Waals surface area contributed by atoms with Crippen molar-refractivity contribution in [3.8, 4) is 0 Å². The smallest absolute Gasteiger partial charge is 0.210 e. The molecule has 21 heavy (non-hydrogen) atoms. The maximum absolute atomic E-state index is 12.5. The molecule has 1 N–H and O–H groups in total. The number of hydrogen-bond donors (Lipinski definition) is 1. The second-order valence-corrected chi connectivity index (χ2v) is 8.59. The van der Waals surface area contributed by atoms with Gasteiger partial charge < -0.3 is 0 Å². The lowest BCUT2D eigenvalue weighted by molar-refractivity contribution is 0.551. The molecule has 0 saturated carbocycles. The Hall–Kier alpha value is -0.910. The summed E-state index contributed by atoms with van der Waals surface area (Å²) in [6.07, 6.45) is 0.929. The highest BCUT2D eigenvalue weighted by Gasteiger charge is 2.18. The molecule has 0 heterocycles. The Labute approximate surface area is 134 Å². The predicted octanol–water partition coefficient (Wildman–Crippen LogP) is 3.93.